The first-order chi connectivity index (χ1) is 6.13. The highest BCUT2D eigenvalue weighted by Crippen LogP contribution is 2.13. The van der Waals surface area contributed by atoms with Crippen LogP contribution in [0.4, 0.5) is 4.39 Å². The zero-order valence-corrected chi connectivity index (χ0v) is 7.84. The SMILES string of the molecule is C/C(=C/c1ccc(F)cc1C)CO. The lowest BCUT2D eigenvalue weighted by Crippen LogP contribution is -1.87. The van der Waals surface area contributed by atoms with E-state index in [0.29, 0.717) is 0 Å². The van der Waals surface area contributed by atoms with Gasteiger partial charge in [0.25, 0.3) is 0 Å². The molecule has 0 unspecified atom stereocenters. The Kier molecular flexibility index (Phi) is 3.20. The van der Waals surface area contributed by atoms with Gasteiger partial charge in [-0.2, -0.15) is 0 Å². The van der Waals surface area contributed by atoms with Gasteiger partial charge in [0, 0.05) is 0 Å². The molecule has 0 saturated carbocycles. The maximum Gasteiger partial charge on any atom is 0.123 e. The predicted molar refractivity (Wildman–Crippen MR) is 51.9 cm³/mol. The summed E-state index contributed by atoms with van der Waals surface area (Å²) in [6.45, 7) is 3.72. The predicted octanol–water partition coefficient (Wildman–Crippen LogP) is 2.53. The third kappa shape index (κ3) is 2.67. The van der Waals surface area contributed by atoms with Crippen molar-refractivity contribution in [2.24, 2.45) is 0 Å². The molecule has 0 aromatic heterocycles. The first-order valence-electron chi connectivity index (χ1n) is 4.17. The van der Waals surface area contributed by atoms with Crippen molar-refractivity contribution in [2.45, 2.75) is 13.8 Å². The molecule has 0 heterocycles. The van der Waals surface area contributed by atoms with Crippen molar-refractivity contribution >= 4 is 6.08 Å². The molecule has 0 fully saturated rings. The highest BCUT2D eigenvalue weighted by Gasteiger charge is 1.97. The Morgan fingerprint density at radius 1 is 1.54 bits per heavy atom. The third-order valence-electron chi connectivity index (χ3n) is 1.88. The van der Waals surface area contributed by atoms with Crippen LogP contribution in [0.25, 0.3) is 6.08 Å². The Labute approximate surface area is 77.5 Å². The molecule has 0 aliphatic carbocycles. The molecule has 1 N–H and O–H groups in total. The van der Waals surface area contributed by atoms with Crippen molar-refractivity contribution in [3.8, 4) is 0 Å². The topological polar surface area (TPSA) is 20.2 Å². The Hall–Kier alpha value is -1.15. The van der Waals surface area contributed by atoms with Gasteiger partial charge < -0.3 is 5.11 Å². The molecule has 1 aromatic rings. The van der Waals surface area contributed by atoms with E-state index in [1.165, 1.54) is 12.1 Å². The summed E-state index contributed by atoms with van der Waals surface area (Å²) in [5.41, 5.74) is 2.70. The molecular formula is C11H13FO. The summed E-state index contributed by atoms with van der Waals surface area (Å²) in [7, 11) is 0. The van der Waals surface area contributed by atoms with Gasteiger partial charge in [-0.25, -0.2) is 4.39 Å². The molecule has 0 amide bonds. The minimum atomic E-state index is -0.226. The summed E-state index contributed by atoms with van der Waals surface area (Å²) >= 11 is 0. The van der Waals surface area contributed by atoms with Crippen molar-refractivity contribution in [2.75, 3.05) is 6.61 Å². The van der Waals surface area contributed by atoms with E-state index in [1.807, 2.05) is 19.9 Å². The van der Waals surface area contributed by atoms with Gasteiger partial charge in [-0.1, -0.05) is 12.1 Å². The van der Waals surface area contributed by atoms with Gasteiger partial charge in [0.05, 0.1) is 6.61 Å². The van der Waals surface area contributed by atoms with Crippen LogP contribution >= 0.6 is 0 Å². The van der Waals surface area contributed by atoms with Crippen molar-refractivity contribution in [1.82, 2.24) is 0 Å². The molecular weight excluding hydrogens is 167 g/mol. The monoisotopic (exact) mass is 180 g/mol. The smallest absolute Gasteiger partial charge is 0.123 e. The third-order valence-corrected chi connectivity index (χ3v) is 1.88. The molecule has 0 spiro atoms. The van der Waals surface area contributed by atoms with E-state index < -0.39 is 0 Å². The number of halogens is 1. The number of rotatable bonds is 2. The second kappa shape index (κ2) is 4.19. The number of hydrogen-bond donors (Lipinski definition) is 1. The lowest BCUT2D eigenvalue weighted by molar-refractivity contribution is 0.332. The van der Waals surface area contributed by atoms with Crippen LogP contribution < -0.4 is 0 Å². The molecule has 0 radical (unpaired) electrons. The first-order valence-corrected chi connectivity index (χ1v) is 4.17. The molecule has 0 aliphatic rings. The average Bonchev–Trinajstić information content (AvgIpc) is 2.09. The molecule has 0 aliphatic heterocycles. The summed E-state index contributed by atoms with van der Waals surface area (Å²) in [5.74, 6) is -0.226. The maximum absolute atomic E-state index is 12.7. The van der Waals surface area contributed by atoms with Crippen molar-refractivity contribution in [1.29, 1.82) is 0 Å². The van der Waals surface area contributed by atoms with E-state index >= 15 is 0 Å². The Morgan fingerprint density at radius 3 is 2.77 bits per heavy atom. The quantitative estimate of drug-likeness (QED) is 0.741. The van der Waals surface area contributed by atoms with Crippen LogP contribution in [-0.4, -0.2) is 11.7 Å². The van der Waals surface area contributed by atoms with Gasteiger partial charge in [-0.05, 0) is 42.7 Å². The van der Waals surface area contributed by atoms with Gasteiger partial charge >= 0.3 is 0 Å². The summed E-state index contributed by atoms with van der Waals surface area (Å²) in [6, 6.07) is 4.61. The fraction of sp³-hybridized carbons (Fsp3) is 0.273. The van der Waals surface area contributed by atoms with Gasteiger partial charge in [0.15, 0.2) is 0 Å². The molecule has 13 heavy (non-hydrogen) atoms. The zero-order chi connectivity index (χ0) is 9.84. The zero-order valence-electron chi connectivity index (χ0n) is 7.84. The van der Waals surface area contributed by atoms with E-state index in [4.69, 9.17) is 5.11 Å². The molecule has 1 rings (SSSR count). The van der Waals surface area contributed by atoms with E-state index in [2.05, 4.69) is 0 Å². The number of aliphatic hydroxyl groups excluding tert-OH is 1. The minimum Gasteiger partial charge on any atom is -0.392 e. The van der Waals surface area contributed by atoms with Crippen LogP contribution in [0.1, 0.15) is 18.1 Å². The maximum atomic E-state index is 12.7. The highest BCUT2D eigenvalue weighted by atomic mass is 19.1. The number of benzene rings is 1. The van der Waals surface area contributed by atoms with Gasteiger partial charge in [-0.15, -0.1) is 0 Å². The summed E-state index contributed by atoms with van der Waals surface area (Å²) in [6.07, 6.45) is 1.86. The second-order valence-corrected chi connectivity index (χ2v) is 3.15. The van der Waals surface area contributed by atoms with Gasteiger partial charge in [0.2, 0.25) is 0 Å². The molecule has 1 aromatic carbocycles. The highest BCUT2D eigenvalue weighted by molar-refractivity contribution is 5.56. The van der Waals surface area contributed by atoms with E-state index in [0.717, 1.165) is 16.7 Å². The molecule has 0 bridgehead atoms. The van der Waals surface area contributed by atoms with E-state index in [9.17, 15) is 4.39 Å². The van der Waals surface area contributed by atoms with Crippen LogP contribution in [0.2, 0.25) is 0 Å². The largest absolute Gasteiger partial charge is 0.392 e. The number of hydrogen-bond acceptors (Lipinski definition) is 1. The van der Waals surface area contributed by atoms with Gasteiger partial charge in [-0.3, -0.25) is 0 Å². The minimum absolute atomic E-state index is 0.0385. The number of aryl methyl sites for hydroxylation is 1. The second-order valence-electron chi connectivity index (χ2n) is 3.15. The van der Waals surface area contributed by atoms with Crippen LogP contribution in [0.5, 0.6) is 0 Å². The number of aliphatic hydroxyl groups is 1. The molecule has 2 heteroatoms. The standard InChI is InChI=1S/C11H13FO/c1-8(7-13)5-10-3-4-11(12)6-9(10)2/h3-6,13H,7H2,1-2H3/b8-5-. The van der Waals surface area contributed by atoms with Crippen LogP contribution in [0.3, 0.4) is 0 Å². The summed E-state index contributed by atoms with van der Waals surface area (Å²) in [5, 5.41) is 8.80. The van der Waals surface area contributed by atoms with Crippen molar-refractivity contribution < 1.29 is 9.50 Å². The molecule has 70 valence electrons. The molecule has 1 nitrogen and oxygen atoms in total. The lowest BCUT2D eigenvalue weighted by atomic mass is 10.1. The fourth-order valence-electron chi connectivity index (χ4n) is 1.11. The molecule has 0 atom stereocenters. The van der Waals surface area contributed by atoms with E-state index in [1.54, 1.807) is 6.07 Å². The Bertz CT molecular complexity index is 329. The van der Waals surface area contributed by atoms with Crippen molar-refractivity contribution in [3.63, 3.8) is 0 Å². The van der Waals surface area contributed by atoms with Crippen LogP contribution in [0.15, 0.2) is 23.8 Å². The van der Waals surface area contributed by atoms with E-state index in [-0.39, 0.29) is 12.4 Å². The molecule has 0 saturated heterocycles. The van der Waals surface area contributed by atoms with Crippen LogP contribution in [0, 0.1) is 12.7 Å². The Balaban J connectivity index is 3.03. The summed E-state index contributed by atoms with van der Waals surface area (Å²) in [4.78, 5) is 0. The average molecular weight is 180 g/mol. The Morgan fingerprint density at radius 2 is 2.23 bits per heavy atom. The first kappa shape index (κ1) is 9.93. The lowest BCUT2D eigenvalue weighted by Gasteiger charge is -2.01. The summed E-state index contributed by atoms with van der Waals surface area (Å²) < 4.78 is 12.7. The normalized spacial score (nSPS) is 11.8. The van der Waals surface area contributed by atoms with Crippen LogP contribution in [-0.2, 0) is 0 Å². The fourth-order valence-corrected chi connectivity index (χ4v) is 1.11. The van der Waals surface area contributed by atoms with Crippen molar-refractivity contribution in [3.05, 3.63) is 40.7 Å². The van der Waals surface area contributed by atoms with Gasteiger partial charge in [0.1, 0.15) is 5.82 Å².